The fraction of sp³-hybridized carbons (Fsp3) is 0.0769. The molecule has 2 aromatic carbocycles. The highest BCUT2D eigenvalue weighted by atomic mass is 35.5. The third kappa shape index (κ3) is 2.56. The molecule has 0 fully saturated rings. The van der Waals surface area contributed by atoms with Crippen LogP contribution >= 0.6 is 23.2 Å². The molecule has 2 N–H and O–H groups in total. The van der Waals surface area contributed by atoms with E-state index in [-0.39, 0.29) is 0 Å². The summed E-state index contributed by atoms with van der Waals surface area (Å²) in [6, 6.07) is 13.6. The molecule has 0 unspecified atom stereocenters. The van der Waals surface area contributed by atoms with E-state index in [9.17, 15) is 0 Å². The molecular weight excluding hydrogens is 241 g/mol. The summed E-state index contributed by atoms with van der Waals surface area (Å²) in [5.74, 6) is 0. The second kappa shape index (κ2) is 4.88. The summed E-state index contributed by atoms with van der Waals surface area (Å²) < 4.78 is 0. The summed E-state index contributed by atoms with van der Waals surface area (Å²) in [7, 11) is 0. The van der Waals surface area contributed by atoms with E-state index in [0.29, 0.717) is 16.6 Å². The van der Waals surface area contributed by atoms with Crippen molar-refractivity contribution in [1.82, 2.24) is 0 Å². The first-order valence-electron chi connectivity index (χ1n) is 4.94. The molecule has 2 rings (SSSR count). The lowest BCUT2D eigenvalue weighted by Crippen LogP contribution is -1.95. The van der Waals surface area contributed by atoms with Gasteiger partial charge < -0.3 is 5.73 Å². The Hall–Kier alpha value is -1.02. The van der Waals surface area contributed by atoms with Gasteiger partial charge in [-0.2, -0.15) is 0 Å². The largest absolute Gasteiger partial charge is 0.326 e. The highest BCUT2D eigenvalue weighted by Crippen LogP contribution is 2.27. The number of benzene rings is 2. The molecule has 0 radical (unpaired) electrons. The fourth-order valence-corrected chi connectivity index (χ4v) is 2.08. The van der Waals surface area contributed by atoms with Crippen molar-refractivity contribution in [2.24, 2.45) is 5.73 Å². The van der Waals surface area contributed by atoms with Crippen LogP contribution in [0.2, 0.25) is 10.0 Å². The minimum absolute atomic E-state index is 0.552. The number of nitrogens with two attached hydrogens (primary N) is 1. The van der Waals surface area contributed by atoms with Gasteiger partial charge in [-0.1, -0.05) is 47.5 Å². The summed E-state index contributed by atoms with van der Waals surface area (Å²) in [5, 5.41) is 1.29. The van der Waals surface area contributed by atoms with Gasteiger partial charge in [0.15, 0.2) is 0 Å². The van der Waals surface area contributed by atoms with E-state index in [4.69, 9.17) is 28.9 Å². The fourth-order valence-electron chi connectivity index (χ4n) is 1.55. The van der Waals surface area contributed by atoms with Crippen LogP contribution in [0.1, 0.15) is 5.56 Å². The SMILES string of the molecule is NCc1ccc(-c2cc(Cl)cc(Cl)c2)cc1. The summed E-state index contributed by atoms with van der Waals surface area (Å²) in [6.07, 6.45) is 0. The quantitative estimate of drug-likeness (QED) is 0.854. The topological polar surface area (TPSA) is 26.0 Å². The van der Waals surface area contributed by atoms with Gasteiger partial charge in [0.05, 0.1) is 0 Å². The molecule has 0 saturated carbocycles. The minimum Gasteiger partial charge on any atom is -0.326 e. The summed E-state index contributed by atoms with van der Waals surface area (Å²) in [5.41, 5.74) is 8.75. The molecule has 16 heavy (non-hydrogen) atoms. The molecule has 0 saturated heterocycles. The van der Waals surface area contributed by atoms with Crippen molar-refractivity contribution in [3.8, 4) is 11.1 Å². The van der Waals surface area contributed by atoms with Crippen LogP contribution in [-0.2, 0) is 6.54 Å². The van der Waals surface area contributed by atoms with Crippen molar-refractivity contribution in [3.05, 3.63) is 58.1 Å². The van der Waals surface area contributed by atoms with E-state index < -0.39 is 0 Å². The number of hydrogen-bond acceptors (Lipinski definition) is 1. The zero-order chi connectivity index (χ0) is 11.5. The molecule has 2 aromatic rings. The monoisotopic (exact) mass is 251 g/mol. The van der Waals surface area contributed by atoms with Crippen molar-refractivity contribution in [1.29, 1.82) is 0 Å². The average molecular weight is 252 g/mol. The molecule has 82 valence electrons. The third-order valence-electron chi connectivity index (χ3n) is 2.39. The average Bonchev–Trinajstić information content (AvgIpc) is 2.28. The Morgan fingerprint density at radius 1 is 0.812 bits per heavy atom. The predicted octanol–water partition coefficient (Wildman–Crippen LogP) is 4.12. The molecule has 0 heterocycles. The van der Waals surface area contributed by atoms with Crippen LogP contribution in [0.5, 0.6) is 0 Å². The summed E-state index contributed by atoms with van der Waals surface area (Å²) in [6.45, 7) is 0.552. The first-order chi connectivity index (χ1) is 7.69. The van der Waals surface area contributed by atoms with E-state index in [0.717, 1.165) is 16.7 Å². The smallest absolute Gasteiger partial charge is 0.0426 e. The molecule has 3 heteroatoms. The molecule has 0 aliphatic heterocycles. The standard InChI is InChI=1S/C13H11Cl2N/c14-12-5-11(6-13(15)7-12)10-3-1-9(8-16)2-4-10/h1-7H,8,16H2. The zero-order valence-electron chi connectivity index (χ0n) is 8.58. The van der Waals surface area contributed by atoms with Crippen molar-refractivity contribution in [3.63, 3.8) is 0 Å². The molecule has 0 atom stereocenters. The number of rotatable bonds is 2. The minimum atomic E-state index is 0.552. The van der Waals surface area contributed by atoms with Gasteiger partial charge in [0, 0.05) is 16.6 Å². The van der Waals surface area contributed by atoms with E-state index >= 15 is 0 Å². The van der Waals surface area contributed by atoms with Crippen LogP contribution in [0.3, 0.4) is 0 Å². The van der Waals surface area contributed by atoms with E-state index in [1.165, 1.54) is 0 Å². The Balaban J connectivity index is 2.42. The van der Waals surface area contributed by atoms with Crippen molar-refractivity contribution in [2.75, 3.05) is 0 Å². The van der Waals surface area contributed by atoms with Crippen LogP contribution < -0.4 is 5.73 Å². The maximum absolute atomic E-state index is 5.95. The van der Waals surface area contributed by atoms with Gasteiger partial charge >= 0.3 is 0 Å². The van der Waals surface area contributed by atoms with E-state index in [1.54, 1.807) is 6.07 Å². The van der Waals surface area contributed by atoms with Crippen LogP contribution in [0, 0.1) is 0 Å². The normalized spacial score (nSPS) is 10.4. The van der Waals surface area contributed by atoms with E-state index in [1.807, 2.05) is 36.4 Å². The van der Waals surface area contributed by atoms with Gasteiger partial charge in [-0.15, -0.1) is 0 Å². The highest BCUT2D eigenvalue weighted by Gasteiger charge is 2.01. The number of hydrogen-bond donors (Lipinski definition) is 1. The molecule has 0 aliphatic carbocycles. The van der Waals surface area contributed by atoms with Crippen LogP contribution in [0.25, 0.3) is 11.1 Å². The Morgan fingerprint density at radius 2 is 1.38 bits per heavy atom. The Labute approximate surface area is 105 Å². The van der Waals surface area contributed by atoms with Crippen molar-refractivity contribution in [2.45, 2.75) is 6.54 Å². The maximum atomic E-state index is 5.95. The van der Waals surface area contributed by atoms with Gasteiger partial charge in [0.1, 0.15) is 0 Å². The maximum Gasteiger partial charge on any atom is 0.0426 e. The Bertz CT molecular complexity index is 472. The first-order valence-corrected chi connectivity index (χ1v) is 5.70. The van der Waals surface area contributed by atoms with Crippen LogP contribution in [0.15, 0.2) is 42.5 Å². The first kappa shape index (κ1) is 11.5. The second-order valence-corrected chi connectivity index (χ2v) is 4.43. The second-order valence-electron chi connectivity index (χ2n) is 3.56. The van der Waals surface area contributed by atoms with Crippen LogP contribution in [-0.4, -0.2) is 0 Å². The lowest BCUT2D eigenvalue weighted by Gasteiger charge is -2.04. The van der Waals surface area contributed by atoms with Crippen molar-refractivity contribution < 1.29 is 0 Å². The van der Waals surface area contributed by atoms with Gasteiger partial charge in [0.2, 0.25) is 0 Å². The molecule has 1 nitrogen and oxygen atoms in total. The zero-order valence-corrected chi connectivity index (χ0v) is 10.1. The predicted molar refractivity (Wildman–Crippen MR) is 69.8 cm³/mol. The van der Waals surface area contributed by atoms with Gasteiger partial charge in [-0.05, 0) is 34.9 Å². The van der Waals surface area contributed by atoms with E-state index in [2.05, 4.69) is 0 Å². The lowest BCUT2D eigenvalue weighted by atomic mass is 10.0. The summed E-state index contributed by atoms with van der Waals surface area (Å²) >= 11 is 11.9. The van der Waals surface area contributed by atoms with Crippen LogP contribution in [0.4, 0.5) is 0 Å². The molecule has 0 aromatic heterocycles. The van der Waals surface area contributed by atoms with Crippen molar-refractivity contribution >= 4 is 23.2 Å². The summed E-state index contributed by atoms with van der Waals surface area (Å²) in [4.78, 5) is 0. The molecule has 0 spiro atoms. The molecule has 0 aliphatic rings. The molecule has 0 bridgehead atoms. The third-order valence-corrected chi connectivity index (χ3v) is 2.82. The molecular formula is C13H11Cl2N. The van der Waals surface area contributed by atoms with Gasteiger partial charge in [0.25, 0.3) is 0 Å². The van der Waals surface area contributed by atoms with Gasteiger partial charge in [-0.25, -0.2) is 0 Å². The number of halogens is 2. The highest BCUT2D eigenvalue weighted by molar-refractivity contribution is 6.35. The Kier molecular flexibility index (Phi) is 3.49. The van der Waals surface area contributed by atoms with Gasteiger partial charge in [-0.3, -0.25) is 0 Å². The Morgan fingerprint density at radius 3 is 1.88 bits per heavy atom. The molecule has 0 amide bonds. The lowest BCUT2D eigenvalue weighted by molar-refractivity contribution is 1.07.